The zero-order valence-corrected chi connectivity index (χ0v) is 11.0. The van der Waals surface area contributed by atoms with Gasteiger partial charge in [-0.05, 0) is 35.6 Å². The normalized spacial score (nSPS) is 10.9. The summed E-state index contributed by atoms with van der Waals surface area (Å²) in [5.74, 6) is 0.658. The highest BCUT2D eigenvalue weighted by Gasteiger charge is 2.10. The maximum absolute atomic E-state index is 11.9. The molecule has 78 valence electrons. The third kappa shape index (κ3) is 1.74. The van der Waals surface area contributed by atoms with E-state index in [0.717, 1.165) is 3.70 Å². The van der Waals surface area contributed by atoms with Crippen LogP contribution < -0.4 is 5.56 Å². The number of aryl methyl sites for hydroxylation is 1. The fourth-order valence-corrected chi connectivity index (χ4v) is 2.27. The first kappa shape index (κ1) is 10.8. The average molecular weight is 336 g/mol. The fourth-order valence-electron chi connectivity index (χ4n) is 1.32. The molecular formula is C9H7ClIN3O. The van der Waals surface area contributed by atoms with Gasteiger partial charge in [-0.1, -0.05) is 11.6 Å². The van der Waals surface area contributed by atoms with E-state index in [1.165, 1.54) is 4.57 Å². The number of halogens is 2. The van der Waals surface area contributed by atoms with Crippen LogP contribution in [0.2, 0.25) is 5.15 Å². The molecule has 0 aromatic carbocycles. The molecule has 0 atom stereocenters. The van der Waals surface area contributed by atoms with Crippen molar-refractivity contribution in [2.45, 2.75) is 6.92 Å². The van der Waals surface area contributed by atoms with Crippen LogP contribution in [0.25, 0.3) is 10.9 Å². The second-order valence-corrected chi connectivity index (χ2v) is 4.62. The summed E-state index contributed by atoms with van der Waals surface area (Å²) in [5, 5.41) is 0.593. The largest absolute Gasteiger partial charge is 0.299 e. The SMILES string of the molecule is Cc1nc2cc(I)nc(Cl)c2c(=O)n1C. The standard InChI is InChI=1S/C9H7ClIN3O/c1-4-12-5-3-6(11)13-8(10)7(5)9(15)14(4)2/h3H,1-2H3. The van der Waals surface area contributed by atoms with E-state index in [2.05, 4.69) is 9.97 Å². The third-order valence-electron chi connectivity index (χ3n) is 2.21. The summed E-state index contributed by atoms with van der Waals surface area (Å²) in [6.45, 7) is 1.78. The van der Waals surface area contributed by atoms with Crippen LogP contribution in [-0.4, -0.2) is 14.5 Å². The quantitative estimate of drug-likeness (QED) is 0.546. The van der Waals surface area contributed by atoms with Crippen LogP contribution in [0.3, 0.4) is 0 Å². The van der Waals surface area contributed by atoms with E-state index in [0.29, 0.717) is 16.7 Å². The van der Waals surface area contributed by atoms with Gasteiger partial charge in [-0.2, -0.15) is 0 Å². The molecule has 0 aliphatic carbocycles. The van der Waals surface area contributed by atoms with Crippen LogP contribution >= 0.6 is 34.2 Å². The Bertz CT molecular complexity index is 608. The van der Waals surface area contributed by atoms with E-state index < -0.39 is 0 Å². The summed E-state index contributed by atoms with van der Waals surface area (Å²) in [7, 11) is 1.67. The molecule has 0 amide bonds. The van der Waals surface area contributed by atoms with Crippen molar-refractivity contribution in [2.24, 2.45) is 7.05 Å². The maximum atomic E-state index is 11.9. The molecule has 0 aliphatic heterocycles. The molecular weight excluding hydrogens is 328 g/mol. The number of hydrogen-bond donors (Lipinski definition) is 0. The van der Waals surface area contributed by atoms with Crippen LogP contribution in [0, 0.1) is 10.6 Å². The van der Waals surface area contributed by atoms with E-state index in [4.69, 9.17) is 11.6 Å². The van der Waals surface area contributed by atoms with Gasteiger partial charge in [0.25, 0.3) is 5.56 Å². The molecule has 2 heterocycles. The molecule has 0 radical (unpaired) electrons. The zero-order chi connectivity index (χ0) is 11.2. The first-order valence-electron chi connectivity index (χ1n) is 4.20. The number of rotatable bonds is 0. The Morgan fingerprint density at radius 3 is 2.80 bits per heavy atom. The van der Waals surface area contributed by atoms with Gasteiger partial charge in [0.2, 0.25) is 0 Å². The Labute approximate surface area is 104 Å². The van der Waals surface area contributed by atoms with Gasteiger partial charge in [0.05, 0.1) is 5.52 Å². The highest BCUT2D eigenvalue weighted by molar-refractivity contribution is 14.1. The lowest BCUT2D eigenvalue weighted by molar-refractivity contribution is 0.791. The van der Waals surface area contributed by atoms with Crippen molar-refractivity contribution in [3.05, 3.63) is 31.1 Å². The minimum Gasteiger partial charge on any atom is -0.299 e. The van der Waals surface area contributed by atoms with E-state index in [1.807, 2.05) is 22.6 Å². The molecule has 0 aliphatic rings. The van der Waals surface area contributed by atoms with Gasteiger partial charge in [0.1, 0.15) is 20.1 Å². The summed E-state index contributed by atoms with van der Waals surface area (Å²) in [6.07, 6.45) is 0. The van der Waals surface area contributed by atoms with Crippen LogP contribution in [0.1, 0.15) is 5.82 Å². The van der Waals surface area contributed by atoms with Gasteiger partial charge in [-0.3, -0.25) is 9.36 Å². The summed E-state index contributed by atoms with van der Waals surface area (Å²) >= 11 is 7.96. The molecule has 4 nitrogen and oxygen atoms in total. The number of pyridine rings is 1. The smallest absolute Gasteiger partial charge is 0.264 e. The molecule has 2 rings (SSSR count). The Morgan fingerprint density at radius 2 is 2.13 bits per heavy atom. The minimum absolute atomic E-state index is 0.161. The summed E-state index contributed by atoms with van der Waals surface area (Å²) < 4.78 is 2.19. The summed E-state index contributed by atoms with van der Waals surface area (Å²) in [6, 6.07) is 1.75. The third-order valence-corrected chi connectivity index (χ3v) is 3.04. The van der Waals surface area contributed by atoms with E-state index in [9.17, 15) is 4.79 Å². The monoisotopic (exact) mass is 335 g/mol. The lowest BCUT2D eigenvalue weighted by Crippen LogP contribution is -2.21. The van der Waals surface area contributed by atoms with E-state index in [-0.39, 0.29) is 10.7 Å². The molecule has 15 heavy (non-hydrogen) atoms. The molecule has 0 unspecified atom stereocenters. The topological polar surface area (TPSA) is 47.8 Å². The minimum atomic E-state index is -0.161. The van der Waals surface area contributed by atoms with Gasteiger partial charge in [0, 0.05) is 7.05 Å². The molecule has 0 saturated heterocycles. The van der Waals surface area contributed by atoms with Gasteiger partial charge >= 0.3 is 0 Å². The lowest BCUT2D eigenvalue weighted by atomic mass is 10.3. The first-order valence-corrected chi connectivity index (χ1v) is 5.66. The Kier molecular flexibility index (Phi) is 2.68. The van der Waals surface area contributed by atoms with Gasteiger partial charge in [-0.15, -0.1) is 0 Å². The number of aromatic nitrogens is 3. The van der Waals surface area contributed by atoms with Crippen LogP contribution in [-0.2, 0) is 7.05 Å². The van der Waals surface area contributed by atoms with E-state index >= 15 is 0 Å². The van der Waals surface area contributed by atoms with Gasteiger partial charge < -0.3 is 0 Å². The predicted molar refractivity (Wildman–Crippen MR) is 67.2 cm³/mol. The number of fused-ring (bicyclic) bond motifs is 1. The van der Waals surface area contributed by atoms with Crippen LogP contribution in [0.5, 0.6) is 0 Å². The lowest BCUT2D eigenvalue weighted by Gasteiger charge is -2.05. The molecule has 0 spiro atoms. The molecule has 0 fully saturated rings. The highest BCUT2D eigenvalue weighted by Crippen LogP contribution is 2.18. The van der Waals surface area contributed by atoms with Gasteiger partial charge in [0.15, 0.2) is 0 Å². The Hall–Kier alpha value is -0.690. The molecule has 0 N–H and O–H groups in total. The van der Waals surface area contributed by atoms with E-state index in [1.54, 1.807) is 20.0 Å². The van der Waals surface area contributed by atoms with Gasteiger partial charge in [-0.25, -0.2) is 9.97 Å². The summed E-state index contributed by atoms with van der Waals surface area (Å²) in [5.41, 5.74) is 0.436. The van der Waals surface area contributed by atoms with Crippen LogP contribution in [0.4, 0.5) is 0 Å². The fraction of sp³-hybridized carbons (Fsp3) is 0.222. The predicted octanol–water partition coefficient (Wildman–Crippen LogP) is 1.89. The second kappa shape index (κ2) is 3.71. The molecule has 2 aromatic rings. The highest BCUT2D eigenvalue weighted by atomic mass is 127. The summed E-state index contributed by atoms with van der Waals surface area (Å²) in [4.78, 5) is 20.2. The molecule has 0 bridgehead atoms. The Morgan fingerprint density at radius 1 is 1.47 bits per heavy atom. The molecule has 6 heteroatoms. The van der Waals surface area contributed by atoms with Crippen molar-refractivity contribution >= 4 is 45.1 Å². The van der Waals surface area contributed by atoms with Crippen molar-refractivity contribution < 1.29 is 0 Å². The van der Waals surface area contributed by atoms with Crippen molar-refractivity contribution in [3.63, 3.8) is 0 Å². The maximum Gasteiger partial charge on any atom is 0.264 e. The van der Waals surface area contributed by atoms with Crippen molar-refractivity contribution in [2.75, 3.05) is 0 Å². The zero-order valence-electron chi connectivity index (χ0n) is 8.08. The number of hydrogen-bond acceptors (Lipinski definition) is 3. The average Bonchev–Trinajstić information content (AvgIpc) is 2.13. The first-order chi connectivity index (χ1) is 7.00. The van der Waals surface area contributed by atoms with Crippen molar-refractivity contribution in [3.8, 4) is 0 Å². The van der Waals surface area contributed by atoms with Crippen molar-refractivity contribution in [1.29, 1.82) is 0 Å². The van der Waals surface area contributed by atoms with Crippen LogP contribution in [0.15, 0.2) is 10.9 Å². The molecule has 0 saturated carbocycles. The molecule has 2 aromatic heterocycles. The van der Waals surface area contributed by atoms with Crippen molar-refractivity contribution in [1.82, 2.24) is 14.5 Å². The Balaban J connectivity index is 3.06. The number of nitrogens with zero attached hydrogens (tertiary/aromatic N) is 3. The second-order valence-electron chi connectivity index (χ2n) is 3.15.